The van der Waals surface area contributed by atoms with Crippen molar-refractivity contribution in [2.45, 2.75) is 6.42 Å². The normalized spacial score (nSPS) is 12.2. The van der Waals surface area contributed by atoms with Gasteiger partial charge in [0.2, 0.25) is 0 Å². The SMILES string of the molecule is C=C/C(Cl)=C(\C=C)CCNC. The third kappa shape index (κ3) is 4.02. The molecule has 0 bridgehead atoms. The van der Waals surface area contributed by atoms with E-state index in [1.165, 1.54) is 0 Å². The van der Waals surface area contributed by atoms with Crippen LogP contribution in [0.3, 0.4) is 0 Å². The molecule has 0 aromatic heterocycles. The topological polar surface area (TPSA) is 12.0 Å². The quantitative estimate of drug-likeness (QED) is 0.627. The fourth-order valence-electron chi connectivity index (χ4n) is 0.710. The minimum Gasteiger partial charge on any atom is -0.319 e. The highest BCUT2D eigenvalue weighted by Gasteiger charge is 1.95. The minimum absolute atomic E-state index is 0.690. The van der Waals surface area contributed by atoms with Crippen LogP contribution in [0.4, 0.5) is 0 Å². The third-order valence-electron chi connectivity index (χ3n) is 1.38. The van der Waals surface area contributed by atoms with E-state index in [-0.39, 0.29) is 0 Å². The van der Waals surface area contributed by atoms with Crippen LogP contribution < -0.4 is 5.32 Å². The van der Waals surface area contributed by atoms with Gasteiger partial charge in [-0.3, -0.25) is 0 Å². The molecule has 0 aromatic rings. The second kappa shape index (κ2) is 6.20. The second-order valence-corrected chi connectivity index (χ2v) is 2.54. The molecule has 0 amide bonds. The van der Waals surface area contributed by atoms with Crippen molar-refractivity contribution in [3.8, 4) is 0 Å². The maximum atomic E-state index is 5.83. The van der Waals surface area contributed by atoms with Gasteiger partial charge < -0.3 is 5.32 Å². The summed E-state index contributed by atoms with van der Waals surface area (Å²) in [6.07, 6.45) is 4.29. The van der Waals surface area contributed by atoms with Crippen molar-refractivity contribution in [1.29, 1.82) is 0 Å². The van der Waals surface area contributed by atoms with Gasteiger partial charge in [0, 0.05) is 5.03 Å². The fourth-order valence-corrected chi connectivity index (χ4v) is 0.881. The summed E-state index contributed by atoms with van der Waals surface area (Å²) in [4.78, 5) is 0. The predicted octanol–water partition coefficient (Wildman–Crippen LogP) is 2.46. The molecule has 0 radical (unpaired) electrons. The van der Waals surface area contributed by atoms with Gasteiger partial charge in [-0.2, -0.15) is 0 Å². The first-order valence-corrected chi connectivity index (χ1v) is 3.92. The molecule has 0 aliphatic carbocycles. The summed E-state index contributed by atoms with van der Waals surface area (Å²) in [6, 6.07) is 0. The van der Waals surface area contributed by atoms with Gasteiger partial charge in [0.1, 0.15) is 0 Å². The highest BCUT2D eigenvalue weighted by atomic mass is 35.5. The van der Waals surface area contributed by atoms with Crippen LogP contribution in [-0.4, -0.2) is 13.6 Å². The van der Waals surface area contributed by atoms with Crippen LogP contribution in [0.15, 0.2) is 35.9 Å². The van der Waals surface area contributed by atoms with E-state index >= 15 is 0 Å². The number of rotatable bonds is 5. The zero-order valence-corrected chi connectivity index (χ0v) is 7.62. The average molecular weight is 172 g/mol. The minimum atomic E-state index is 0.690. The molecule has 1 N–H and O–H groups in total. The van der Waals surface area contributed by atoms with Gasteiger partial charge in [0.25, 0.3) is 0 Å². The van der Waals surface area contributed by atoms with Gasteiger partial charge in [0.15, 0.2) is 0 Å². The standard InChI is InChI=1S/C9H14ClN/c1-4-8(6-7-11-3)9(10)5-2/h4-5,11H,1-2,6-7H2,3H3/b9-8-. The summed E-state index contributed by atoms with van der Waals surface area (Å²) in [5.74, 6) is 0. The molecule has 0 spiro atoms. The molecule has 62 valence electrons. The molecule has 0 saturated carbocycles. The maximum absolute atomic E-state index is 5.83. The van der Waals surface area contributed by atoms with E-state index in [0.717, 1.165) is 18.5 Å². The van der Waals surface area contributed by atoms with E-state index in [0.29, 0.717) is 5.03 Å². The molecule has 0 unspecified atom stereocenters. The van der Waals surface area contributed by atoms with E-state index in [1.807, 2.05) is 7.05 Å². The Labute approximate surface area is 73.4 Å². The summed E-state index contributed by atoms with van der Waals surface area (Å²) in [5.41, 5.74) is 1.04. The third-order valence-corrected chi connectivity index (χ3v) is 1.77. The van der Waals surface area contributed by atoms with Crippen molar-refractivity contribution in [2.24, 2.45) is 0 Å². The molecule has 0 rings (SSSR count). The highest BCUT2D eigenvalue weighted by Crippen LogP contribution is 2.14. The zero-order chi connectivity index (χ0) is 8.69. The maximum Gasteiger partial charge on any atom is 0.0432 e. The van der Waals surface area contributed by atoms with Gasteiger partial charge in [-0.05, 0) is 25.6 Å². The van der Waals surface area contributed by atoms with E-state index in [2.05, 4.69) is 18.5 Å². The van der Waals surface area contributed by atoms with Crippen molar-refractivity contribution < 1.29 is 0 Å². The number of allylic oxidation sites excluding steroid dienone is 3. The van der Waals surface area contributed by atoms with Crippen LogP contribution in [0.1, 0.15) is 6.42 Å². The molecular weight excluding hydrogens is 158 g/mol. The monoisotopic (exact) mass is 171 g/mol. The van der Waals surface area contributed by atoms with Crippen molar-refractivity contribution in [3.63, 3.8) is 0 Å². The van der Waals surface area contributed by atoms with Crippen molar-refractivity contribution in [3.05, 3.63) is 35.9 Å². The Morgan fingerprint density at radius 2 is 2.09 bits per heavy atom. The summed E-state index contributed by atoms with van der Waals surface area (Å²) < 4.78 is 0. The molecule has 0 atom stereocenters. The fraction of sp³-hybridized carbons (Fsp3) is 0.333. The Bertz CT molecular complexity index is 170. The Balaban J connectivity index is 4.14. The number of hydrogen-bond donors (Lipinski definition) is 1. The molecule has 11 heavy (non-hydrogen) atoms. The van der Waals surface area contributed by atoms with Crippen LogP contribution >= 0.6 is 11.6 Å². The van der Waals surface area contributed by atoms with Crippen molar-refractivity contribution >= 4 is 11.6 Å². The lowest BCUT2D eigenvalue weighted by Gasteiger charge is -2.01. The molecule has 0 aliphatic rings. The largest absolute Gasteiger partial charge is 0.319 e. The lowest BCUT2D eigenvalue weighted by Crippen LogP contribution is -2.08. The van der Waals surface area contributed by atoms with E-state index in [9.17, 15) is 0 Å². The molecule has 1 nitrogen and oxygen atoms in total. The second-order valence-electron chi connectivity index (χ2n) is 2.13. The summed E-state index contributed by atoms with van der Waals surface area (Å²) >= 11 is 5.83. The molecule has 2 heteroatoms. The number of hydrogen-bond acceptors (Lipinski definition) is 1. The molecule has 0 aromatic carbocycles. The lowest BCUT2D eigenvalue weighted by atomic mass is 10.1. The van der Waals surface area contributed by atoms with Crippen molar-refractivity contribution in [1.82, 2.24) is 5.32 Å². The van der Waals surface area contributed by atoms with Crippen LogP contribution in [0, 0.1) is 0 Å². The number of nitrogens with one attached hydrogen (secondary N) is 1. The molecule has 0 fully saturated rings. The number of halogens is 1. The van der Waals surface area contributed by atoms with Gasteiger partial charge >= 0.3 is 0 Å². The van der Waals surface area contributed by atoms with Gasteiger partial charge in [-0.15, -0.1) is 0 Å². The van der Waals surface area contributed by atoms with E-state index in [1.54, 1.807) is 12.2 Å². The Morgan fingerprint density at radius 1 is 1.45 bits per heavy atom. The first-order chi connectivity index (χ1) is 5.26. The van der Waals surface area contributed by atoms with Crippen LogP contribution in [0.25, 0.3) is 0 Å². The zero-order valence-electron chi connectivity index (χ0n) is 6.86. The first kappa shape index (κ1) is 10.5. The first-order valence-electron chi connectivity index (χ1n) is 3.54. The molecular formula is C9H14ClN. The van der Waals surface area contributed by atoms with Crippen LogP contribution in [-0.2, 0) is 0 Å². The molecule has 0 heterocycles. The summed E-state index contributed by atoms with van der Waals surface area (Å²) in [7, 11) is 1.91. The highest BCUT2D eigenvalue weighted by molar-refractivity contribution is 6.31. The molecule has 0 saturated heterocycles. The summed E-state index contributed by atoms with van der Waals surface area (Å²) in [6.45, 7) is 8.15. The van der Waals surface area contributed by atoms with E-state index < -0.39 is 0 Å². The Kier molecular flexibility index (Phi) is 5.90. The smallest absolute Gasteiger partial charge is 0.0432 e. The Morgan fingerprint density at radius 3 is 2.45 bits per heavy atom. The Hall–Kier alpha value is -0.530. The predicted molar refractivity (Wildman–Crippen MR) is 51.8 cm³/mol. The van der Waals surface area contributed by atoms with Gasteiger partial charge in [-0.25, -0.2) is 0 Å². The van der Waals surface area contributed by atoms with Gasteiger partial charge in [-0.1, -0.05) is 36.9 Å². The lowest BCUT2D eigenvalue weighted by molar-refractivity contribution is 0.793. The summed E-state index contributed by atoms with van der Waals surface area (Å²) in [5, 5.41) is 3.73. The van der Waals surface area contributed by atoms with Crippen LogP contribution in [0.2, 0.25) is 0 Å². The van der Waals surface area contributed by atoms with Crippen molar-refractivity contribution in [2.75, 3.05) is 13.6 Å². The van der Waals surface area contributed by atoms with E-state index in [4.69, 9.17) is 11.6 Å². The molecule has 0 aliphatic heterocycles. The van der Waals surface area contributed by atoms with Crippen LogP contribution in [0.5, 0.6) is 0 Å². The van der Waals surface area contributed by atoms with Gasteiger partial charge in [0.05, 0.1) is 0 Å². The average Bonchev–Trinajstić information content (AvgIpc) is 2.05.